The van der Waals surface area contributed by atoms with E-state index >= 15 is 0 Å². The van der Waals surface area contributed by atoms with Crippen LogP contribution in [0.25, 0.3) is 10.8 Å². The number of nitrogens with one attached hydrogen (secondary N) is 2. The number of hydrogen-bond acceptors (Lipinski definition) is 7. The maximum atomic E-state index is 12.2. The van der Waals surface area contributed by atoms with Gasteiger partial charge in [-0.3, -0.25) is 9.78 Å². The molecule has 0 aliphatic heterocycles. The molecule has 5 rings (SSSR count). The number of benzene rings is 1. The van der Waals surface area contributed by atoms with E-state index in [0.29, 0.717) is 35.1 Å². The van der Waals surface area contributed by atoms with Gasteiger partial charge in [-0.15, -0.1) is 0 Å². The minimum Gasteiger partial charge on any atom is -0.497 e. The van der Waals surface area contributed by atoms with Gasteiger partial charge in [0.25, 0.3) is 0 Å². The second kappa shape index (κ2) is 10.3. The summed E-state index contributed by atoms with van der Waals surface area (Å²) >= 11 is 0. The maximum Gasteiger partial charge on any atom is 0.228 e. The maximum absolute atomic E-state index is 12.2. The minimum absolute atomic E-state index is 0.00724. The Morgan fingerprint density at radius 1 is 1.03 bits per heavy atom. The summed E-state index contributed by atoms with van der Waals surface area (Å²) in [6.45, 7) is 0.376. The van der Waals surface area contributed by atoms with Crippen molar-refractivity contribution in [1.82, 2.24) is 15.0 Å². The van der Waals surface area contributed by atoms with Crippen LogP contribution in [-0.2, 0) is 11.4 Å². The Balaban J connectivity index is 1.42. The molecule has 1 fully saturated rings. The third-order valence-corrected chi connectivity index (χ3v) is 5.88. The normalized spacial score (nSPS) is 12.4. The highest BCUT2D eigenvalue weighted by atomic mass is 16.5. The first-order chi connectivity index (χ1) is 17.6. The van der Waals surface area contributed by atoms with Crippen LogP contribution in [0.3, 0.4) is 0 Å². The summed E-state index contributed by atoms with van der Waals surface area (Å²) in [7, 11) is 3.44. The summed E-state index contributed by atoms with van der Waals surface area (Å²) in [5, 5.41) is 7.66. The van der Waals surface area contributed by atoms with Crippen LogP contribution >= 0.6 is 0 Å². The van der Waals surface area contributed by atoms with Gasteiger partial charge in [0.15, 0.2) is 5.75 Å². The largest absolute Gasteiger partial charge is 0.497 e. The summed E-state index contributed by atoms with van der Waals surface area (Å²) in [5.74, 6) is 9.09. The number of fused-ring (bicyclic) bond motifs is 1. The molecule has 1 aliphatic rings. The lowest BCUT2D eigenvalue weighted by Crippen LogP contribution is -2.14. The van der Waals surface area contributed by atoms with Gasteiger partial charge in [0.05, 0.1) is 24.4 Å². The van der Waals surface area contributed by atoms with E-state index in [4.69, 9.17) is 9.47 Å². The summed E-state index contributed by atoms with van der Waals surface area (Å²) in [6, 6.07) is 11.4. The van der Waals surface area contributed by atoms with E-state index in [1.807, 2.05) is 36.4 Å². The molecular formula is C28H25N5O3. The van der Waals surface area contributed by atoms with E-state index in [0.717, 1.165) is 34.9 Å². The minimum atomic E-state index is 0.00724. The first kappa shape index (κ1) is 23.1. The quantitative estimate of drug-likeness (QED) is 0.379. The Morgan fingerprint density at radius 2 is 1.83 bits per heavy atom. The van der Waals surface area contributed by atoms with Crippen molar-refractivity contribution >= 4 is 28.3 Å². The second-order valence-corrected chi connectivity index (χ2v) is 8.41. The molecule has 4 aromatic rings. The monoisotopic (exact) mass is 479 g/mol. The molecule has 180 valence electrons. The molecule has 2 N–H and O–H groups in total. The van der Waals surface area contributed by atoms with Crippen molar-refractivity contribution < 1.29 is 14.3 Å². The van der Waals surface area contributed by atoms with Gasteiger partial charge in [-0.25, -0.2) is 9.97 Å². The lowest BCUT2D eigenvalue weighted by atomic mass is 10.1. The predicted molar refractivity (Wildman–Crippen MR) is 138 cm³/mol. The standard InChI is InChI=1S/C28H25N5O3/c1-29-27-24-15-31-26(33-28(34)20-6-7-20)13-23(24)21(14-32-27)8-5-19-11-12-30-16-25(19)36-17-18-3-9-22(35-2)10-4-18/h3-4,9-16,20H,6-7,17H2,1-2H3,(H,29,32)(H,31,33,34). The molecule has 36 heavy (non-hydrogen) atoms. The van der Waals surface area contributed by atoms with Gasteiger partial charge in [-0.1, -0.05) is 24.0 Å². The van der Waals surface area contributed by atoms with E-state index in [1.54, 1.807) is 38.9 Å². The lowest BCUT2D eigenvalue weighted by molar-refractivity contribution is -0.117. The Kier molecular flexibility index (Phi) is 6.63. The summed E-state index contributed by atoms with van der Waals surface area (Å²) in [6.07, 6.45) is 8.62. The van der Waals surface area contributed by atoms with Crippen LogP contribution in [0.5, 0.6) is 11.5 Å². The Bertz CT molecular complexity index is 1470. The van der Waals surface area contributed by atoms with Crippen molar-refractivity contribution in [2.45, 2.75) is 19.4 Å². The van der Waals surface area contributed by atoms with E-state index in [1.165, 1.54) is 0 Å². The van der Waals surface area contributed by atoms with Crippen LogP contribution in [0.15, 0.2) is 61.2 Å². The molecule has 8 heteroatoms. The van der Waals surface area contributed by atoms with Gasteiger partial charge in [0.2, 0.25) is 5.91 Å². The fourth-order valence-corrected chi connectivity index (χ4v) is 3.69. The van der Waals surface area contributed by atoms with Gasteiger partial charge < -0.3 is 20.1 Å². The molecule has 0 spiro atoms. The number of carbonyl (C=O) groups excluding carboxylic acids is 1. The molecule has 0 saturated heterocycles. The van der Waals surface area contributed by atoms with Crippen molar-refractivity contribution in [3.8, 4) is 23.3 Å². The Hall–Kier alpha value is -4.64. The first-order valence-electron chi connectivity index (χ1n) is 11.6. The fourth-order valence-electron chi connectivity index (χ4n) is 3.69. The van der Waals surface area contributed by atoms with Crippen molar-refractivity contribution in [1.29, 1.82) is 0 Å². The predicted octanol–water partition coefficient (Wildman–Crippen LogP) is 4.40. The molecule has 0 bridgehead atoms. The zero-order valence-electron chi connectivity index (χ0n) is 20.0. The molecule has 1 aromatic carbocycles. The number of anilines is 2. The van der Waals surface area contributed by atoms with Gasteiger partial charge in [0, 0.05) is 42.3 Å². The SMILES string of the molecule is CNc1ncc(C#Cc2ccncc2OCc2ccc(OC)cc2)c2cc(NC(=O)C3CC3)ncc12. The number of nitrogens with zero attached hydrogens (tertiary/aromatic N) is 3. The number of aromatic nitrogens is 3. The van der Waals surface area contributed by atoms with Crippen LogP contribution in [-0.4, -0.2) is 35.0 Å². The van der Waals surface area contributed by atoms with Crippen LogP contribution < -0.4 is 20.1 Å². The van der Waals surface area contributed by atoms with Crippen molar-refractivity contribution in [2.75, 3.05) is 24.8 Å². The number of ether oxygens (including phenoxy) is 2. The molecule has 1 saturated carbocycles. The van der Waals surface area contributed by atoms with Gasteiger partial charge >= 0.3 is 0 Å². The summed E-state index contributed by atoms with van der Waals surface area (Å²) < 4.78 is 11.2. The molecule has 1 aliphatic carbocycles. The van der Waals surface area contributed by atoms with E-state index in [9.17, 15) is 4.79 Å². The number of carbonyl (C=O) groups is 1. The molecule has 3 aromatic heterocycles. The van der Waals surface area contributed by atoms with Crippen molar-refractivity contribution in [3.05, 3.63) is 77.9 Å². The molecular weight excluding hydrogens is 454 g/mol. The average Bonchev–Trinajstić information content (AvgIpc) is 3.77. The average molecular weight is 480 g/mol. The van der Waals surface area contributed by atoms with Crippen LogP contribution in [0, 0.1) is 17.8 Å². The van der Waals surface area contributed by atoms with Gasteiger partial charge in [0.1, 0.15) is 24.0 Å². The zero-order valence-corrected chi connectivity index (χ0v) is 20.0. The Labute approximate surface area is 209 Å². The Morgan fingerprint density at radius 3 is 2.58 bits per heavy atom. The fraction of sp³-hybridized carbons (Fsp3) is 0.214. The molecule has 8 nitrogen and oxygen atoms in total. The highest BCUT2D eigenvalue weighted by Crippen LogP contribution is 2.31. The summed E-state index contributed by atoms with van der Waals surface area (Å²) in [4.78, 5) is 25.3. The van der Waals surface area contributed by atoms with Crippen LogP contribution in [0.1, 0.15) is 29.5 Å². The van der Waals surface area contributed by atoms with E-state index < -0.39 is 0 Å². The topological polar surface area (TPSA) is 98.3 Å². The first-order valence-corrected chi connectivity index (χ1v) is 11.6. The second-order valence-electron chi connectivity index (χ2n) is 8.41. The van der Waals surface area contributed by atoms with Crippen LogP contribution in [0.4, 0.5) is 11.6 Å². The number of hydrogen-bond donors (Lipinski definition) is 2. The number of amides is 1. The van der Waals surface area contributed by atoms with E-state index in [-0.39, 0.29) is 11.8 Å². The third kappa shape index (κ3) is 5.20. The van der Waals surface area contributed by atoms with Gasteiger partial charge in [-0.2, -0.15) is 0 Å². The number of rotatable bonds is 7. The summed E-state index contributed by atoms with van der Waals surface area (Å²) in [5.41, 5.74) is 2.43. The number of methoxy groups -OCH3 is 1. The lowest BCUT2D eigenvalue weighted by Gasteiger charge is -2.10. The van der Waals surface area contributed by atoms with Crippen LogP contribution in [0.2, 0.25) is 0 Å². The molecule has 0 radical (unpaired) electrons. The smallest absolute Gasteiger partial charge is 0.228 e. The number of pyridine rings is 3. The third-order valence-electron chi connectivity index (χ3n) is 5.88. The van der Waals surface area contributed by atoms with Crippen molar-refractivity contribution in [3.63, 3.8) is 0 Å². The van der Waals surface area contributed by atoms with E-state index in [2.05, 4.69) is 37.4 Å². The van der Waals surface area contributed by atoms with Crippen molar-refractivity contribution in [2.24, 2.45) is 5.92 Å². The molecule has 0 unspecified atom stereocenters. The molecule has 3 heterocycles. The molecule has 0 atom stereocenters. The zero-order chi connectivity index (χ0) is 24.9. The highest BCUT2D eigenvalue weighted by molar-refractivity contribution is 5.99. The highest BCUT2D eigenvalue weighted by Gasteiger charge is 2.29. The molecule has 1 amide bonds. The van der Waals surface area contributed by atoms with Gasteiger partial charge in [-0.05, 0) is 42.7 Å².